The minimum absolute atomic E-state index is 0.707. The first-order chi connectivity index (χ1) is 8.76. The summed E-state index contributed by atoms with van der Waals surface area (Å²) in [5.41, 5.74) is 0. The molecule has 0 aliphatic carbocycles. The van der Waals surface area contributed by atoms with E-state index in [-0.39, 0.29) is 0 Å². The highest BCUT2D eigenvalue weighted by molar-refractivity contribution is 5.79. The first-order valence-electron chi connectivity index (χ1n) is 6.96. The minimum Gasteiger partial charge on any atom is -0.383 e. The van der Waals surface area contributed by atoms with Gasteiger partial charge in [-0.15, -0.1) is 0 Å². The Morgan fingerprint density at radius 3 is 2.67 bits per heavy atom. The monoisotopic (exact) mass is 256 g/mol. The zero-order valence-electron chi connectivity index (χ0n) is 12.0. The van der Waals surface area contributed by atoms with Crippen molar-refractivity contribution in [3.05, 3.63) is 0 Å². The maximum atomic E-state index is 5.03. The smallest absolute Gasteiger partial charge is 0.191 e. The molecule has 0 atom stereocenters. The molecule has 0 radical (unpaired) electrons. The number of hydrogen-bond donors (Lipinski definition) is 2. The molecule has 106 valence electrons. The third-order valence-corrected chi connectivity index (χ3v) is 3.29. The lowest BCUT2D eigenvalue weighted by atomic mass is 9.97. The van der Waals surface area contributed by atoms with Crippen molar-refractivity contribution in [2.24, 2.45) is 10.9 Å². The summed E-state index contributed by atoms with van der Waals surface area (Å²) in [5, 5.41) is 6.54. The fourth-order valence-electron chi connectivity index (χ4n) is 2.08. The molecule has 5 nitrogen and oxygen atoms in total. The number of ether oxygens (including phenoxy) is 1. The highest BCUT2D eigenvalue weighted by Gasteiger charge is 2.16. The van der Waals surface area contributed by atoms with Crippen molar-refractivity contribution in [2.75, 3.05) is 53.5 Å². The number of rotatable bonds is 6. The second kappa shape index (κ2) is 9.16. The lowest BCUT2D eigenvalue weighted by Crippen LogP contribution is -2.39. The van der Waals surface area contributed by atoms with E-state index in [2.05, 4.69) is 34.5 Å². The standard InChI is InChI=1S/C13H28N4O/c1-4-14-13(15-7-10-18-3)16-11-12-5-8-17(2)9-6-12/h12H,4-11H2,1-3H3,(H2,14,15,16). The van der Waals surface area contributed by atoms with Crippen LogP contribution < -0.4 is 10.6 Å². The highest BCUT2D eigenvalue weighted by Crippen LogP contribution is 2.15. The Balaban J connectivity index is 2.29. The van der Waals surface area contributed by atoms with E-state index in [0.717, 1.165) is 31.5 Å². The number of hydrogen-bond acceptors (Lipinski definition) is 3. The van der Waals surface area contributed by atoms with Gasteiger partial charge in [0.25, 0.3) is 0 Å². The van der Waals surface area contributed by atoms with Gasteiger partial charge in [-0.1, -0.05) is 0 Å². The molecule has 1 aliphatic heterocycles. The fourth-order valence-corrected chi connectivity index (χ4v) is 2.08. The van der Waals surface area contributed by atoms with E-state index in [1.165, 1.54) is 25.9 Å². The average molecular weight is 256 g/mol. The molecule has 0 unspecified atom stereocenters. The van der Waals surface area contributed by atoms with E-state index in [1.807, 2.05) is 0 Å². The number of likely N-dealkylation sites (tertiary alicyclic amines) is 1. The van der Waals surface area contributed by atoms with Crippen LogP contribution in [-0.2, 0) is 4.74 Å². The molecule has 1 saturated heterocycles. The molecule has 0 amide bonds. The van der Waals surface area contributed by atoms with Crippen molar-refractivity contribution in [2.45, 2.75) is 19.8 Å². The molecule has 1 fully saturated rings. The highest BCUT2D eigenvalue weighted by atomic mass is 16.5. The normalized spacial score (nSPS) is 18.9. The molecule has 0 bridgehead atoms. The van der Waals surface area contributed by atoms with Gasteiger partial charge in [0.2, 0.25) is 0 Å². The lowest BCUT2D eigenvalue weighted by Gasteiger charge is -2.28. The van der Waals surface area contributed by atoms with Gasteiger partial charge in [-0.2, -0.15) is 0 Å². The molecule has 0 aromatic carbocycles. The summed E-state index contributed by atoms with van der Waals surface area (Å²) in [5.74, 6) is 1.65. The van der Waals surface area contributed by atoms with Gasteiger partial charge < -0.3 is 20.3 Å². The number of nitrogens with zero attached hydrogens (tertiary/aromatic N) is 2. The van der Waals surface area contributed by atoms with Crippen molar-refractivity contribution in [3.63, 3.8) is 0 Å². The van der Waals surface area contributed by atoms with Gasteiger partial charge >= 0.3 is 0 Å². The van der Waals surface area contributed by atoms with Crippen LogP contribution in [0.15, 0.2) is 4.99 Å². The summed E-state index contributed by atoms with van der Waals surface area (Å²) in [6.45, 7) is 7.82. The van der Waals surface area contributed by atoms with E-state index in [9.17, 15) is 0 Å². The maximum Gasteiger partial charge on any atom is 0.191 e. The van der Waals surface area contributed by atoms with Crippen molar-refractivity contribution in [1.82, 2.24) is 15.5 Å². The largest absolute Gasteiger partial charge is 0.383 e. The lowest BCUT2D eigenvalue weighted by molar-refractivity contribution is 0.203. The summed E-state index contributed by atoms with van der Waals surface area (Å²) in [7, 11) is 3.90. The second-order valence-electron chi connectivity index (χ2n) is 4.89. The van der Waals surface area contributed by atoms with Crippen LogP contribution in [0.25, 0.3) is 0 Å². The molecular weight excluding hydrogens is 228 g/mol. The van der Waals surface area contributed by atoms with E-state index >= 15 is 0 Å². The van der Waals surface area contributed by atoms with Crippen LogP contribution in [0, 0.1) is 5.92 Å². The zero-order valence-corrected chi connectivity index (χ0v) is 12.0. The summed E-state index contributed by atoms with van der Waals surface area (Å²) in [6, 6.07) is 0. The van der Waals surface area contributed by atoms with Crippen molar-refractivity contribution in [1.29, 1.82) is 0 Å². The van der Waals surface area contributed by atoms with Crippen molar-refractivity contribution in [3.8, 4) is 0 Å². The molecule has 0 spiro atoms. The van der Waals surface area contributed by atoms with Crippen LogP contribution in [0.2, 0.25) is 0 Å². The molecular formula is C13H28N4O. The van der Waals surface area contributed by atoms with E-state index in [4.69, 9.17) is 4.74 Å². The molecule has 2 N–H and O–H groups in total. The van der Waals surface area contributed by atoms with Gasteiger partial charge in [0, 0.05) is 26.7 Å². The second-order valence-corrected chi connectivity index (χ2v) is 4.89. The zero-order chi connectivity index (χ0) is 13.2. The maximum absolute atomic E-state index is 5.03. The van der Waals surface area contributed by atoms with Crippen molar-refractivity contribution >= 4 is 5.96 Å². The van der Waals surface area contributed by atoms with E-state index < -0.39 is 0 Å². The number of piperidine rings is 1. The van der Waals surface area contributed by atoms with Crippen molar-refractivity contribution < 1.29 is 4.74 Å². The molecule has 5 heteroatoms. The van der Waals surface area contributed by atoms with Crippen LogP contribution in [0.4, 0.5) is 0 Å². The topological polar surface area (TPSA) is 48.9 Å². The number of nitrogens with one attached hydrogen (secondary N) is 2. The van der Waals surface area contributed by atoms with Gasteiger partial charge in [0.1, 0.15) is 0 Å². The Morgan fingerprint density at radius 1 is 1.33 bits per heavy atom. The van der Waals surface area contributed by atoms with Gasteiger partial charge in [-0.05, 0) is 45.8 Å². The Bertz CT molecular complexity index is 237. The molecule has 0 saturated carbocycles. The Kier molecular flexibility index (Phi) is 7.76. The quantitative estimate of drug-likeness (QED) is 0.413. The Labute approximate surface area is 111 Å². The molecule has 1 rings (SSSR count). The number of guanidine groups is 1. The summed E-state index contributed by atoms with van der Waals surface area (Å²) < 4.78 is 5.03. The number of aliphatic imine (C=N–C) groups is 1. The van der Waals surface area contributed by atoms with Gasteiger partial charge in [-0.3, -0.25) is 4.99 Å². The fraction of sp³-hybridized carbons (Fsp3) is 0.923. The predicted octanol–water partition coefficient (Wildman–Crippen LogP) is 0.530. The van der Waals surface area contributed by atoms with Crippen LogP contribution in [-0.4, -0.2) is 64.3 Å². The minimum atomic E-state index is 0.707. The average Bonchev–Trinajstić information content (AvgIpc) is 2.38. The molecule has 1 aliphatic rings. The van der Waals surface area contributed by atoms with Crippen LogP contribution in [0.1, 0.15) is 19.8 Å². The first-order valence-corrected chi connectivity index (χ1v) is 6.96. The Hall–Kier alpha value is -0.810. The predicted molar refractivity (Wildman–Crippen MR) is 76.1 cm³/mol. The van der Waals surface area contributed by atoms with Gasteiger partial charge in [-0.25, -0.2) is 0 Å². The molecule has 0 aromatic heterocycles. The van der Waals surface area contributed by atoms with Gasteiger partial charge in [0.15, 0.2) is 5.96 Å². The SMILES string of the molecule is CCNC(=NCC1CCN(C)CC1)NCCOC. The Morgan fingerprint density at radius 2 is 2.06 bits per heavy atom. The van der Waals surface area contributed by atoms with Crippen LogP contribution >= 0.6 is 0 Å². The summed E-state index contributed by atoms with van der Waals surface area (Å²) >= 11 is 0. The third kappa shape index (κ3) is 6.21. The van der Waals surface area contributed by atoms with E-state index in [1.54, 1.807) is 7.11 Å². The third-order valence-electron chi connectivity index (χ3n) is 3.29. The summed E-state index contributed by atoms with van der Waals surface area (Å²) in [4.78, 5) is 7.05. The molecule has 1 heterocycles. The van der Waals surface area contributed by atoms with Crippen LogP contribution in [0.5, 0.6) is 0 Å². The molecule has 18 heavy (non-hydrogen) atoms. The molecule has 0 aromatic rings. The summed E-state index contributed by atoms with van der Waals surface area (Å²) in [6.07, 6.45) is 2.52. The van der Waals surface area contributed by atoms with Crippen LogP contribution in [0.3, 0.4) is 0 Å². The van der Waals surface area contributed by atoms with Gasteiger partial charge in [0.05, 0.1) is 6.61 Å². The van der Waals surface area contributed by atoms with E-state index in [0.29, 0.717) is 6.61 Å². The first kappa shape index (κ1) is 15.2. The number of methoxy groups -OCH3 is 1.